The number of imidazole rings is 1. The molecule has 1 unspecified atom stereocenters. The van der Waals surface area contributed by atoms with Crippen molar-refractivity contribution in [3.05, 3.63) is 12.0 Å². The SMILES string of the molecule is COC(=O)c1ncn(C[C@H]2O[C@@H](OC)C3OC(C)(C)O[C@H]32)c1N. The van der Waals surface area contributed by atoms with E-state index >= 15 is 0 Å². The Morgan fingerprint density at radius 1 is 1.39 bits per heavy atom. The maximum atomic E-state index is 11.6. The summed E-state index contributed by atoms with van der Waals surface area (Å²) in [6, 6.07) is 0. The van der Waals surface area contributed by atoms with Crippen molar-refractivity contribution < 1.29 is 28.5 Å². The Hall–Kier alpha value is -1.68. The first-order valence-corrected chi connectivity index (χ1v) is 7.29. The molecule has 2 N–H and O–H groups in total. The van der Waals surface area contributed by atoms with Crippen molar-refractivity contribution in [3.63, 3.8) is 0 Å². The van der Waals surface area contributed by atoms with Crippen molar-refractivity contribution in [2.45, 2.75) is 50.8 Å². The van der Waals surface area contributed by atoms with Crippen molar-refractivity contribution in [2.75, 3.05) is 20.0 Å². The molecule has 0 radical (unpaired) electrons. The van der Waals surface area contributed by atoms with Crippen molar-refractivity contribution in [2.24, 2.45) is 0 Å². The molecule has 0 saturated carbocycles. The molecule has 1 aromatic rings. The quantitative estimate of drug-likeness (QED) is 0.778. The Morgan fingerprint density at radius 2 is 2.09 bits per heavy atom. The highest BCUT2D eigenvalue weighted by Gasteiger charge is 2.55. The first kappa shape index (κ1) is 16.2. The smallest absolute Gasteiger partial charge is 0.360 e. The number of hydrogen-bond acceptors (Lipinski definition) is 8. The number of hydrogen-bond donors (Lipinski definition) is 1. The molecule has 23 heavy (non-hydrogen) atoms. The zero-order chi connectivity index (χ0) is 16.8. The van der Waals surface area contributed by atoms with Crippen molar-refractivity contribution in [3.8, 4) is 0 Å². The Bertz CT molecular complexity index is 601. The number of nitrogens with zero attached hydrogens (tertiary/aromatic N) is 2. The monoisotopic (exact) mass is 327 g/mol. The van der Waals surface area contributed by atoms with E-state index in [2.05, 4.69) is 9.72 Å². The Morgan fingerprint density at radius 3 is 2.74 bits per heavy atom. The van der Waals surface area contributed by atoms with Crippen molar-refractivity contribution >= 4 is 11.8 Å². The number of ether oxygens (including phenoxy) is 5. The second-order valence-electron chi connectivity index (χ2n) is 5.97. The summed E-state index contributed by atoms with van der Waals surface area (Å²) in [6.07, 6.45) is 0.00887. The second kappa shape index (κ2) is 5.75. The minimum Gasteiger partial charge on any atom is -0.464 e. The molecule has 3 heterocycles. The molecule has 1 aromatic heterocycles. The van der Waals surface area contributed by atoms with E-state index in [9.17, 15) is 4.79 Å². The van der Waals surface area contributed by atoms with Gasteiger partial charge in [-0.05, 0) is 13.8 Å². The lowest BCUT2D eigenvalue weighted by atomic mass is 10.1. The lowest BCUT2D eigenvalue weighted by Gasteiger charge is -2.23. The topological polar surface area (TPSA) is 107 Å². The minimum absolute atomic E-state index is 0.0780. The van der Waals surface area contributed by atoms with E-state index in [0.29, 0.717) is 6.54 Å². The maximum Gasteiger partial charge on any atom is 0.360 e. The van der Waals surface area contributed by atoms with Gasteiger partial charge >= 0.3 is 5.97 Å². The molecule has 0 aromatic carbocycles. The molecule has 9 heteroatoms. The number of nitrogens with two attached hydrogens (primary N) is 1. The molecule has 9 nitrogen and oxygen atoms in total. The zero-order valence-corrected chi connectivity index (χ0v) is 13.5. The van der Waals surface area contributed by atoms with Gasteiger partial charge in [0.15, 0.2) is 17.8 Å². The van der Waals surface area contributed by atoms with Gasteiger partial charge in [-0.1, -0.05) is 0 Å². The fourth-order valence-electron chi connectivity index (χ4n) is 2.96. The second-order valence-corrected chi connectivity index (χ2v) is 5.97. The number of anilines is 1. The summed E-state index contributed by atoms with van der Waals surface area (Å²) in [5.74, 6) is -1.06. The number of fused-ring (bicyclic) bond motifs is 1. The van der Waals surface area contributed by atoms with Gasteiger partial charge in [0.25, 0.3) is 0 Å². The average Bonchev–Trinajstić information content (AvgIpc) is 3.11. The predicted octanol–water partition coefficient (Wildman–Crippen LogP) is 0.143. The van der Waals surface area contributed by atoms with Gasteiger partial charge in [0.1, 0.15) is 24.1 Å². The van der Waals surface area contributed by atoms with Gasteiger partial charge in [-0.2, -0.15) is 0 Å². The van der Waals surface area contributed by atoms with Crippen LogP contribution in [0.25, 0.3) is 0 Å². The van der Waals surface area contributed by atoms with Crippen LogP contribution in [0.4, 0.5) is 5.82 Å². The van der Waals surface area contributed by atoms with E-state index in [-0.39, 0.29) is 29.8 Å². The average molecular weight is 327 g/mol. The third-order valence-corrected chi connectivity index (χ3v) is 3.97. The van der Waals surface area contributed by atoms with E-state index in [1.165, 1.54) is 13.4 Å². The van der Waals surface area contributed by atoms with Gasteiger partial charge in [-0.3, -0.25) is 0 Å². The van der Waals surface area contributed by atoms with E-state index in [0.717, 1.165) is 0 Å². The van der Waals surface area contributed by atoms with Crippen LogP contribution in [0, 0.1) is 0 Å². The molecule has 0 aliphatic carbocycles. The molecule has 0 spiro atoms. The highest BCUT2D eigenvalue weighted by atomic mass is 16.8. The molecule has 128 valence electrons. The number of rotatable bonds is 4. The molecular weight excluding hydrogens is 306 g/mol. The van der Waals surface area contributed by atoms with Crippen LogP contribution in [0.3, 0.4) is 0 Å². The molecule has 3 rings (SSSR count). The summed E-state index contributed by atoms with van der Waals surface area (Å²) >= 11 is 0. The summed E-state index contributed by atoms with van der Waals surface area (Å²) in [6.45, 7) is 4.04. The van der Waals surface area contributed by atoms with Crippen LogP contribution in [-0.2, 0) is 30.2 Å². The van der Waals surface area contributed by atoms with Crippen LogP contribution in [0.5, 0.6) is 0 Å². The lowest BCUT2D eigenvalue weighted by molar-refractivity contribution is -0.228. The normalized spacial score (nSPS) is 32.0. The number of carbonyl (C=O) groups excluding carboxylic acids is 1. The zero-order valence-electron chi connectivity index (χ0n) is 13.5. The fraction of sp³-hybridized carbons (Fsp3) is 0.714. The molecular formula is C14H21N3O6. The number of methoxy groups -OCH3 is 2. The Labute approximate surface area is 133 Å². The summed E-state index contributed by atoms with van der Waals surface area (Å²) < 4.78 is 29.2. The first-order valence-electron chi connectivity index (χ1n) is 7.29. The number of nitrogen functional groups attached to an aromatic ring is 1. The highest BCUT2D eigenvalue weighted by Crippen LogP contribution is 2.39. The summed E-state index contributed by atoms with van der Waals surface area (Å²) in [5, 5.41) is 0. The predicted molar refractivity (Wildman–Crippen MR) is 77.5 cm³/mol. The Kier molecular flexibility index (Phi) is 4.05. The van der Waals surface area contributed by atoms with Crippen molar-refractivity contribution in [1.82, 2.24) is 9.55 Å². The van der Waals surface area contributed by atoms with Gasteiger partial charge < -0.3 is 34.0 Å². The van der Waals surface area contributed by atoms with Crippen LogP contribution in [0.15, 0.2) is 6.33 Å². The number of carbonyl (C=O) groups is 1. The Balaban J connectivity index is 1.78. The lowest BCUT2D eigenvalue weighted by Crippen LogP contribution is -2.33. The largest absolute Gasteiger partial charge is 0.464 e. The molecule has 0 amide bonds. The third-order valence-electron chi connectivity index (χ3n) is 3.97. The minimum atomic E-state index is -0.703. The fourth-order valence-corrected chi connectivity index (χ4v) is 2.96. The van der Waals surface area contributed by atoms with E-state index in [4.69, 9.17) is 24.7 Å². The summed E-state index contributed by atoms with van der Waals surface area (Å²) in [4.78, 5) is 15.6. The van der Waals surface area contributed by atoms with Crippen LogP contribution in [-0.4, -0.2) is 60.1 Å². The van der Waals surface area contributed by atoms with Gasteiger partial charge in [-0.25, -0.2) is 9.78 Å². The van der Waals surface area contributed by atoms with E-state index < -0.39 is 18.0 Å². The van der Waals surface area contributed by atoms with Crippen LogP contribution in [0.1, 0.15) is 24.3 Å². The standard InChI is InChI=1S/C14H21N3O6/c1-14(2)22-9-7(21-13(20-4)10(9)23-14)5-17-6-16-8(11(17)15)12(18)19-3/h6-7,9-10,13H,5,15H2,1-4H3/t7-,9+,10?,13-/m1/s1. The molecule has 0 bridgehead atoms. The van der Waals surface area contributed by atoms with Gasteiger partial charge in [0, 0.05) is 7.11 Å². The van der Waals surface area contributed by atoms with Gasteiger partial charge in [-0.15, -0.1) is 0 Å². The first-order chi connectivity index (χ1) is 10.9. The van der Waals surface area contributed by atoms with Crippen LogP contribution >= 0.6 is 0 Å². The maximum absolute atomic E-state index is 11.6. The molecule has 2 aliphatic heterocycles. The van der Waals surface area contributed by atoms with Crippen LogP contribution in [0.2, 0.25) is 0 Å². The molecule has 2 saturated heterocycles. The molecule has 4 atom stereocenters. The molecule has 2 aliphatic rings. The van der Waals surface area contributed by atoms with Crippen molar-refractivity contribution in [1.29, 1.82) is 0 Å². The van der Waals surface area contributed by atoms with E-state index in [1.807, 2.05) is 13.8 Å². The number of aromatic nitrogens is 2. The summed E-state index contributed by atoms with van der Waals surface area (Å²) in [5.41, 5.74) is 6.03. The third kappa shape index (κ3) is 2.80. The summed E-state index contributed by atoms with van der Waals surface area (Å²) in [7, 11) is 2.83. The van der Waals surface area contributed by atoms with Crippen LogP contribution < -0.4 is 5.73 Å². The molecule has 2 fully saturated rings. The van der Waals surface area contributed by atoms with E-state index in [1.54, 1.807) is 11.7 Å². The van der Waals surface area contributed by atoms with Gasteiger partial charge in [0.05, 0.1) is 20.0 Å². The number of esters is 1. The highest BCUT2D eigenvalue weighted by molar-refractivity contribution is 5.92. The van der Waals surface area contributed by atoms with Gasteiger partial charge in [0.2, 0.25) is 0 Å².